The van der Waals surface area contributed by atoms with Crippen LogP contribution in [0.3, 0.4) is 0 Å². The number of rotatable bonds is 0. The van der Waals surface area contributed by atoms with Crippen LogP contribution in [0.5, 0.6) is 0 Å². The number of carbonyl (C=O) groups is 2. The number of likely N-dealkylation sites (tertiary alicyclic amines) is 1. The summed E-state index contributed by atoms with van der Waals surface area (Å²) in [4.78, 5) is 23.9. The average Bonchev–Trinajstić information content (AvgIpc) is 2.06. The summed E-state index contributed by atoms with van der Waals surface area (Å²) in [6.07, 6.45) is -1.35. The fourth-order valence-corrected chi connectivity index (χ4v) is 1.31. The number of aliphatic hydroxyl groups is 1. The molecule has 1 rings (SSSR count). The van der Waals surface area contributed by atoms with Crippen molar-refractivity contribution in [3.63, 3.8) is 0 Å². The largest absolute Gasteiger partial charge is 0.444 e. The second-order valence-corrected chi connectivity index (χ2v) is 4.66. The van der Waals surface area contributed by atoms with Gasteiger partial charge in [-0.3, -0.25) is 4.79 Å². The molecule has 1 heterocycles. The van der Waals surface area contributed by atoms with Crippen molar-refractivity contribution >= 4 is 11.9 Å². The summed E-state index contributed by atoms with van der Waals surface area (Å²) in [5.41, 5.74) is -0.552. The molecule has 1 amide bonds. The van der Waals surface area contributed by atoms with Crippen molar-refractivity contribution in [3.05, 3.63) is 0 Å². The summed E-state index contributed by atoms with van der Waals surface area (Å²) in [6.45, 7) is 5.68. The van der Waals surface area contributed by atoms with Gasteiger partial charge in [-0.2, -0.15) is 0 Å². The van der Waals surface area contributed by atoms with Gasteiger partial charge in [0.1, 0.15) is 11.7 Å². The molecule has 0 aromatic heterocycles. The quantitative estimate of drug-likeness (QED) is 0.641. The van der Waals surface area contributed by atoms with E-state index in [1.165, 1.54) is 4.90 Å². The van der Waals surface area contributed by atoms with Crippen molar-refractivity contribution in [2.75, 3.05) is 13.1 Å². The summed E-state index contributed by atoms with van der Waals surface area (Å²) >= 11 is 0. The van der Waals surface area contributed by atoms with Crippen LogP contribution in [0.15, 0.2) is 0 Å². The Morgan fingerprint density at radius 3 is 2.60 bits per heavy atom. The number of Topliss-reactive ketones (excluding diaryl/α,β-unsaturated/α-hetero) is 1. The zero-order chi connectivity index (χ0) is 11.6. The van der Waals surface area contributed by atoms with E-state index in [1.54, 1.807) is 20.8 Å². The summed E-state index contributed by atoms with van der Waals surface area (Å²) in [6, 6.07) is 0. The maximum absolute atomic E-state index is 11.5. The van der Waals surface area contributed by atoms with Crippen LogP contribution >= 0.6 is 0 Å². The van der Waals surface area contributed by atoms with E-state index in [1.807, 2.05) is 0 Å². The molecule has 1 atom stereocenters. The van der Waals surface area contributed by atoms with Crippen molar-refractivity contribution in [2.24, 2.45) is 0 Å². The number of carbonyl (C=O) groups excluding carboxylic acids is 2. The Morgan fingerprint density at radius 2 is 2.13 bits per heavy atom. The first-order chi connectivity index (χ1) is 6.79. The van der Waals surface area contributed by atoms with Crippen molar-refractivity contribution in [1.29, 1.82) is 0 Å². The fraction of sp³-hybridized carbons (Fsp3) is 0.800. The van der Waals surface area contributed by atoms with Crippen LogP contribution in [0.4, 0.5) is 4.79 Å². The lowest BCUT2D eigenvalue weighted by Crippen LogP contribution is -2.48. The number of ether oxygens (including phenoxy) is 1. The number of piperidine rings is 1. The number of ketones is 1. The normalized spacial score (nSPS) is 22.8. The Kier molecular flexibility index (Phi) is 3.34. The molecule has 5 heteroatoms. The van der Waals surface area contributed by atoms with Crippen LogP contribution in [0.1, 0.15) is 27.2 Å². The van der Waals surface area contributed by atoms with Gasteiger partial charge < -0.3 is 14.7 Å². The van der Waals surface area contributed by atoms with Crippen molar-refractivity contribution in [2.45, 2.75) is 38.9 Å². The highest BCUT2D eigenvalue weighted by molar-refractivity contribution is 5.85. The molecule has 5 nitrogen and oxygen atoms in total. The van der Waals surface area contributed by atoms with Crippen molar-refractivity contribution in [1.82, 2.24) is 4.90 Å². The van der Waals surface area contributed by atoms with E-state index in [4.69, 9.17) is 4.74 Å². The number of aliphatic hydroxyl groups excluding tert-OH is 1. The molecule has 0 bridgehead atoms. The maximum Gasteiger partial charge on any atom is 0.410 e. The smallest absolute Gasteiger partial charge is 0.410 e. The second-order valence-electron chi connectivity index (χ2n) is 4.66. The highest BCUT2D eigenvalue weighted by Crippen LogP contribution is 2.13. The highest BCUT2D eigenvalue weighted by atomic mass is 16.6. The Balaban J connectivity index is 2.51. The van der Waals surface area contributed by atoms with Gasteiger partial charge >= 0.3 is 6.09 Å². The molecule has 0 spiro atoms. The monoisotopic (exact) mass is 215 g/mol. The van der Waals surface area contributed by atoms with Crippen molar-refractivity contribution in [3.8, 4) is 0 Å². The van der Waals surface area contributed by atoms with Crippen LogP contribution in [0.2, 0.25) is 0 Å². The van der Waals surface area contributed by atoms with Gasteiger partial charge in [0.15, 0.2) is 5.78 Å². The standard InChI is InChI=1S/C10H17NO4/c1-10(2,3)15-9(14)11-5-4-7(12)8(13)6-11/h8,13H,4-6H2,1-3H3/t8-/m1/s1. The first-order valence-electron chi connectivity index (χ1n) is 4.98. The Morgan fingerprint density at radius 1 is 1.53 bits per heavy atom. The van der Waals surface area contributed by atoms with E-state index in [2.05, 4.69) is 0 Å². The van der Waals surface area contributed by atoms with E-state index in [0.717, 1.165) is 0 Å². The van der Waals surface area contributed by atoms with Crippen molar-refractivity contribution < 1.29 is 19.4 Å². The van der Waals surface area contributed by atoms with Crippen LogP contribution in [-0.4, -0.2) is 46.7 Å². The molecule has 0 saturated carbocycles. The third kappa shape index (κ3) is 3.51. The van der Waals surface area contributed by atoms with E-state index >= 15 is 0 Å². The van der Waals surface area contributed by atoms with E-state index < -0.39 is 17.8 Å². The van der Waals surface area contributed by atoms with Gasteiger partial charge in [0, 0.05) is 13.0 Å². The zero-order valence-corrected chi connectivity index (χ0v) is 9.32. The fourth-order valence-electron chi connectivity index (χ4n) is 1.31. The molecular formula is C10H17NO4. The SMILES string of the molecule is CC(C)(C)OC(=O)N1CCC(=O)[C@H](O)C1. The minimum atomic E-state index is -1.06. The number of β-amino-alcohol motifs (C(OH)–C–C–N with tert-alkyl or cyclic N) is 1. The minimum absolute atomic E-state index is 0.0355. The lowest BCUT2D eigenvalue weighted by molar-refractivity contribution is -0.131. The lowest BCUT2D eigenvalue weighted by Gasteiger charge is -2.31. The number of hydrogen-bond donors (Lipinski definition) is 1. The highest BCUT2D eigenvalue weighted by Gasteiger charge is 2.30. The van der Waals surface area contributed by atoms with Gasteiger partial charge in [0.05, 0.1) is 6.54 Å². The number of hydrogen-bond acceptors (Lipinski definition) is 4. The molecule has 0 aromatic rings. The van der Waals surface area contributed by atoms with Gasteiger partial charge in [-0.05, 0) is 20.8 Å². The second kappa shape index (κ2) is 4.18. The lowest BCUT2D eigenvalue weighted by atomic mass is 10.1. The van der Waals surface area contributed by atoms with Gasteiger partial charge in [-0.25, -0.2) is 4.79 Å². The maximum atomic E-state index is 11.5. The van der Waals surface area contributed by atoms with E-state index in [0.29, 0.717) is 6.54 Å². The first kappa shape index (κ1) is 12.0. The van der Waals surface area contributed by atoms with Gasteiger partial charge in [0.25, 0.3) is 0 Å². The molecular weight excluding hydrogens is 198 g/mol. The molecule has 1 aliphatic heterocycles. The molecule has 0 unspecified atom stereocenters. The molecule has 0 radical (unpaired) electrons. The zero-order valence-electron chi connectivity index (χ0n) is 9.32. The Hall–Kier alpha value is -1.10. The molecule has 15 heavy (non-hydrogen) atoms. The topological polar surface area (TPSA) is 66.8 Å². The van der Waals surface area contributed by atoms with Crippen LogP contribution in [-0.2, 0) is 9.53 Å². The third-order valence-corrected chi connectivity index (χ3v) is 2.04. The van der Waals surface area contributed by atoms with E-state index in [-0.39, 0.29) is 18.7 Å². The molecule has 0 aliphatic carbocycles. The van der Waals surface area contributed by atoms with Gasteiger partial charge in [0.2, 0.25) is 0 Å². The summed E-state index contributed by atoms with van der Waals surface area (Å²) in [7, 11) is 0. The predicted molar refractivity (Wildman–Crippen MR) is 53.4 cm³/mol. The summed E-state index contributed by atoms with van der Waals surface area (Å²) in [5.74, 6) is -0.213. The van der Waals surface area contributed by atoms with Crippen LogP contribution < -0.4 is 0 Å². The number of nitrogens with zero attached hydrogens (tertiary/aromatic N) is 1. The molecule has 0 aromatic carbocycles. The Bertz CT molecular complexity index is 269. The molecule has 86 valence electrons. The molecule has 1 aliphatic rings. The van der Waals surface area contributed by atoms with Crippen LogP contribution in [0.25, 0.3) is 0 Å². The van der Waals surface area contributed by atoms with Crippen LogP contribution in [0, 0.1) is 0 Å². The van der Waals surface area contributed by atoms with Gasteiger partial charge in [-0.15, -0.1) is 0 Å². The minimum Gasteiger partial charge on any atom is -0.444 e. The first-order valence-corrected chi connectivity index (χ1v) is 4.98. The van der Waals surface area contributed by atoms with E-state index in [9.17, 15) is 14.7 Å². The Labute approximate surface area is 89.0 Å². The molecule has 1 fully saturated rings. The predicted octanol–water partition coefficient (Wildman–Crippen LogP) is 0.557. The molecule has 1 saturated heterocycles. The van der Waals surface area contributed by atoms with Gasteiger partial charge in [-0.1, -0.05) is 0 Å². The third-order valence-electron chi connectivity index (χ3n) is 2.04. The average molecular weight is 215 g/mol. The summed E-state index contributed by atoms with van der Waals surface area (Å²) < 4.78 is 5.13. The number of amides is 1. The summed E-state index contributed by atoms with van der Waals surface area (Å²) in [5, 5.41) is 9.30. The molecule has 1 N–H and O–H groups in total.